The van der Waals surface area contributed by atoms with Crippen LogP contribution in [0, 0.1) is 0 Å². The zero-order valence-electron chi connectivity index (χ0n) is 15.0. The van der Waals surface area contributed by atoms with E-state index in [4.69, 9.17) is 16.0 Å². The van der Waals surface area contributed by atoms with E-state index in [1.165, 1.54) is 30.5 Å². The summed E-state index contributed by atoms with van der Waals surface area (Å²) in [6, 6.07) is 10.9. The summed E-state index contributed by atoms with van der Waals surface area (Å²) in [6.45, 7) is 0.0619. The standard InChI is InChI=1S/C19H14ClF3N2O4S/c20-15-8-7-12(19(21,22)23)10-17(15)30(27,28)25-16-6-2-1-5-14(16)18(26)24-11-13-4-3-9-29-13/h1-10,25H,11H2,(H,24,26). The Balaban J connectivity index is 1.88. The van der Waals surface area contributed by atoms with Crippen molar-refractivity contribution in [2.75, 3.05) is 4.72 Å². The third kappa shape index (κ3) is 4.95. The molecular weight excluding hydrogens is 445 g/mol. The van der Waals surface area contributed by atoms with Gasteiger partial charge in [0.15, 0.2) is 0 Å². The Morgan fingerprint density at radius 1 is 1.07 bits per heavy atom. The smallest absolute Gasteiger partial charge is 0.416 e. The number of nitrogens with one attached hydrogen (secondary N) is 2. The monoisotopic (exact) mass is 458 g/mol. The van der Waals surface area contributed by atoms with Gasteiger partial charge in [-0.05, 0) is 42.5 Å². The van der Waals surface area contributed by atoms with Gasteiger partial charge in [-0.2, -0.15) is 13.2 Å². The van der Waals surface area contributed by atoms with E-state index in [2.05, 4.69) is 10.0 Å². The van der Waals surface area contributed by atoms with Crippen LogP contribution in [0.2, 0.25) is 5.02 Å². The quantitative estimate of drug-likeness (QED) is 0.561. The molecule has 3 aromatic rings. The van der Waals surface area contributed by atoms with E-state index in [1.807, 2.05) is 0 Å². The molecule has 0 aliphatic heterocycles. The molecule has 1 amide bonds. The number of carbonyl (C=O) groups is 1. The van der Waals surface area contributed by atoms with Crippen LogP contribution < -0.4 is 10.0 Å². The molecule has 0 aliphatic carbocycles. The number of alkyl halides is 3. The van der Waals surface area contributed by atoms with Crippen LogP contribution in [0.1, 0.15) is 21.7 Å². The molecule has 6 nitrogen and oxygen atoms in total. The number of rotatable bonds is 6. The fourth-order valence-electron chi connectivity index (χ4n) is 2.53. The molecule has 0 saturated carbocycles. The summed E-state index contributed by atoms with van der Waals surface area (Å²) in [5.41, 5.74) is -1.32. The molecule has 1 heterocycles. The average molecular weight is 459 g/mol. The van der Waals surface area contributed by atoms with Gasteiger partial charge in [0, 0.05) is 0 Å². The molecule has 158 valence electrons. The highest BCUT2D eigenvalue weighted by atomic mass is 35.5. The SMILES string of the molecule is O=C(NCc1ccco1)c1ccccc1NS(=O)(=O)c1cc(C(F)(F)F)ccc1Cl. The number of para-hydroxylation sites is 1. The average Bonchev–Trinajstić information content (AvgIpc) is 3.19. The summed E-state index contributed by atoms with van der Waals surface area (Å²) >= 11 is 5.83. The Morgan fingerprint density at radius 3 is 2.47 bits per heavy atom. The van der Waals surface area contributed by atoms with Crippen LogP contribution in [0.3, 0.4) is 0 Å². The predicted molar refractivity (Wildman–Crippen MR) is 104 cm³/mol. The lowest BCUT2D eigenvalue weighted by Gasteiger charge is -2.15. The first-order chi connectivity index (χ1) is 14.1. The van der Waals surface area contributed by atoms with E-state index in [-0.39, 0.29) is 17.8 Å². The number of halogens is 4. The van der Waals surface area contributed by atoms with Crippen molar-refractivity contribution in [2.45, 2.75) is 17.6 Å². The molecule has 0 radical (unpaired) electrons. The van der Waals surface area contributed by atoms with Gasteiger partial charge in [-0.25, -0.2) is 8.42 Å². The largest absolute Gasteiger partial charge is 0.467 e. The summed E-state index contributed by atoms with van der Waals surface area (Å²) < 4.78 is 71.6. The first-order valence-electron chi connectivity index (χ1n) is 8.37. The molecule has 0 unspecified atom stereocenters. The molecule has 0 atom stereocenters. The van der Waals surface area contributed by atoms with Crippen LogP contribution in [0.4, 0.5) is 18.9 Å². The van der Waals surface area contributed by atoms with Crippen molar-refractivity contribution in [1.82, 2.24) is 5.32 Å². The maximum atomic E-state index is 13.0. The lowest BCUT2D eigenvalue weighted by atomic mass is 10.1. The van der Waals surface area contributed by atoms with Crippen LogP contribution in [-0.4, -0.2) is 14.3 Å². The van der Waals surface area contributed by atoms with Crippen LogP contribution >= 0.6 is 11.6 Å². The highest BCUT2D eigenvalue weighted by Gasteiger charge is 2.33. The minimum atomic E-state index is -4.75. The molecule has 11 heteroatoms. The number of anilines is 1. The Bertz CT molecular complexity index is 1160. The van der Waals surface area contributed by atoms with Crippen molar-refractivity contribution in [1.29, 1.82) is 0 Å². The summed E-state index contributed by atoms with van der Waals surface area (Å²) in [7, 11) is -4.52. The Kier molecular flexibility index (Phi) is 6.09. The fourth-order valence-corrected chi connectivity index (χ4v) is 4.14. The molecule has 0 fully saturated rings. The molecular formula is C19H14ClF3N2O4S. The normalized spacial score (nSPS) is 11.9. The minimum absolute atomic E-state index is 0.0317. The maximum absolute atomic E-state index is 13.0. The maximum Gasteiger partial charge on any atom is 0.416 e. The van der Waals surface area contributed by atoms with Crippen molar-refractivity contribution in [3.8, 4) is 0 Å². The summed E-state index contributed by atoms with van der Waals surface area (Å²) in [4.78, 5) is 11.7. The van der Waals surface area contributed by atoms with E-state index < -0.39 is 37.6 Å². The number of amides is 1. The molecule has 0 bridgehead atoms. The van der Waals surface area contributed by atoms with E-state index in [0.29, 0.717) is 17.9 Å². The number of furan rings is 1. The number of sulfonamides is 1. The van der Waals surface area contributed by atoms with Crippen LogP contribution in [-0.2, 0) is 22.7 Å². The van der Waals surface area contributed by atoms with Crippen molar-refractivity contribution in [3.63, 3.8) is 0 Å². The molecule has 2 N–H and O–H groups in total. The Labute approximate surface area is 174 Å². The van der Waals surface area contributed by atoms with Gasteiger partial charge in [-0.15, -0.1) is 0 Å². The van der Waals surface area contributed by atoms with Gasteiger partial charge in [-0.3, -0.25) is 9.52 Å². The topological polar surface area (TPSA) is 88.4 Å². The minimum Gasteiger partial charge on any atom is -0.467 e. The molecule has 30 heavy (non-hydrogen) atoms. The molecule has 2 aromatic carbocycles. The number of carbonyl (C=O) groups excluding carboxylic acids is 1. The highest BCUT2D eigenvalue weighted by Crippen LogP contribution is 2.34. The summed E-state index contributed by atoms with van der Waals surface area (Å²) in [6.07, 6.45) is -3.32. The lowest BCUT2D eigenvalue weighted by Crippen LogP contribution is -2.25. The molecule has 1 aromatic heterocycles. The number of hydrogen-bond donors (Lipinski definition) is 2. The second-order valence-corrected chi connectivity index (χ2v) is 8.11. The first-order valence-corrected chi connectivity index (χ1v) is 10.2. The number of benzene rings is 2. The van der Waals surface area contributed by atoms with Gasteiger partial charge >= 0.3 is 6.18 Å². The molecule has 0 spiro atoms. The highest BCUT2D eigenvalue weighted by molar-refractivity contribution is 7.92. The van der Waals surface area contributed by atoms with Crippen molar-refractivity contribution in [2.24, 2.45) is 0 Å². The second kappa shape index (κ2) is 8.41. The van der Waals surface area contributed by atoms with Crippen molar-refractivity contribution < 1.29 is 30.8 Å². The van der Waals surface area contributed by atoms with E-state index in [0.717, 1.165) is 6.07 Å². The van der Waals surface area contributed by atoms with Crippen molar-refractivity contribution >= 4 is 33.2 Å². The number of hydrogen-bond acceptors (Lipinski definition) is 4. The van der Waals surface area contributed by atoms with Gasteiger partial charge < -0.3 is 9.73 Å². The van der Waals surface area contributed by atoms with E-state index in [9.17, 15) is 26.4 Å². The Hall–Kier alpha value is -2.98. The zero-order chi connectivity index (χ0) is 21.9. The lowest BCUT2D eigenvalue weighted by molar-refractivity contribution is -0.137. The Morgan fingerprint density at radius 2 is 1.80 bits per heavy atom. The van der Waals surface area contributed by atoms with E-state index in [1.54, 1.807) is 12.1 Å². The van der Waals surface area contributed by atoms with E-state index >= 15 is 0 Å². The third-order valence-electron chi connectivity index (χ3n) is 3.97. The fraction of sp³-hybridized carbons (Fsp3) is 0.105. The van der Waals surface area contributed by atoms with Gasteiger partial charge in [0.05, 0.1) is 34.6 Å². The first kappa shape index (κ1) is 21.7. The molecule has 0 aliphatic rings. The van der Waals surface area contributed by atoms with Gasteiger partial charge in [0.1, 0.15) is 10.7 Å². The van der Waals surface area contributed by atoms with Crippen LogP contribution in [0.5, 0.6) is 0 Å². The van der Waals surface area contributed by atoms with Gasteiger partial charge in [-0.1, -0.05) is 23.7 Å². The van der Waals surface area contributed by atoms with Crippen molar-refractivity contribution in [3.05, 3.63) is 82.8 Å². The predicted octanol–water partition coefficient (Wildman–Crippen LogP) is 4.68. The molecule has 3 rings (SSSR count). The van der Waals surface area contributed by atoms with Gasteiger partial charge in [0.25, 0.3) is 15.9 Å². The zero-order valence-corrected chi connectivity index (χ0v) is 16.6. The molecule has 0 saturated heterocycles. The summed E-state index contributed by atoms with van der Waals surface area (Å²) in [5.74, 6) is -0.128. The summed E-state index contributed by atoms with van der Waals surface area (Å²) in [5, 5.41) is 2.17. The van der Waals surface area contributed by atoms with Crippen LogP contribution in [0.25, 0.3) is 0 Å². The third-order valence-corrected chi connectivity index (χ3v) is 5.81. The second-order valence-electron chi connectivity index (χ2n) is 6.06. The van der Waals surface area contributed by atoms with Crippen LogP contribution in [0.15, 0.2) is 70.2 Å². The van der Waals surface area contributed by atoms with Gasteiger partial charge in [0.2, 0.25) is 0 Å².